The van der Waals surface area contributed by atoms with Crippen LogP contribution in [0, 0.1) is 0 Å². The van der Waals surface area contributed by atoms with Crippen molar-refractivity contribution in [3.8, 4) is 11.5 Å². The first-order valence-electron chi connectivity index (χ1n) is 5.90. The Morgan fingerprint density at radius 3 is 2.67 bits per heavy atom. The molecule has 18 heavy (non-hydrogen) atoms. The highest BCUT2D eigenvalue weighted by atomic mass is 79.9. The number of methoxy groups -OCH3 is 2. The molecule has 2 N–H and O–H groups in total. The molecule has 0 amide bonds. The smallest absolute Gasteiger partial charge is 0.172 e. The number of phenols is 1. The van der Waals surface area contributed by atoms with Gasteiger partial charge in [0, 0.05) is 19.7 Å². The van der Waals surface area contributed by atoms with Crippen LogP contribution in [0.25, 0.3) is 0 Å². The Bertz CT molecular complexity index is 385. The minimum Gasteiger partial charge on any atom is -0.503 e. The topological polar surface area (TPSA) is 50.7 Å². The molecule has 0 radical (unpaired) electrons. The van der Waals surface area contributed by atoms with E-state index in [0.717, 1.165) is 12.0 Å². The van der Waals surface area contributed by atoms with Crippen molar-refractivity contribution in [2.45, 2.75) is 25.9 Å². The molecular weight excluding hydrogens is 298 g/mol. The van der Waals surface area contributed by atoms with Gasteiger partial charge in [0.15, 0.2) is 11.5 Å². The van der Waals surface area contributed by atoms with Crippen LogP contribution in [0.5, 0.6) is 11.5 Å². The summed E-state index contributed by atoms with van der Waals surface area (Å²) in [5.74, 6) is 0.603. The first kappa shape index (κ1) is 15.3. The van der Waals surface area contributed by atoms with Gasteiger partial charge in [0.25, 0.3) is 0 Å². The van der Waals surface area contributed by atoms with E-state index in [1.807, 2.05) is 12.1 Å². The molecular formula is C13H20BrNO3. The van der Waals surface area contributed by atoms with E-state index in [1.165, 1.54) is 0 Å². The molecule has 5 heteroatoms. The molecule has 1 unspecified atom stereocenters. The van der Waals surface area contributed by atoms with E-state index in [0.29, 0.717) is 29.4 Å². The third-order valence-electron chi connectivity index (χ3n) is 2.76. The molecule has 0 aliphatic carbocycles. The first-order valence-corrected chi connectivity index (χ1v) is 6.69. The summed E-state index contributed by atoms with van der Waals surface area (Å²) in [5, 5.41) is 13.1. The van der Waals surface area contributed by atoms with E-state index < -0.39 is 0 Å². The lowest BCUT2D eigenvalue weighted by Crippen LogP contribution is -2.32. The van der Waals surface area contributed by atoms with E-state index in [2.05, 4.69) is 28.2 Å². The number of phenolic OH excluding ortho intramolecular Hbond substituents is 1. The minimum atomic E-state index is 0.130. The standard InChI is InChI=1S/C13H20BrNO3/c1-4-10(8-17-2)15-7-9-5-11(14)13(16)12(6-9)18-3/h5-6,10,15-16H,4,7-8H2,1-3H3. The number of aromatic hydroxyl groups is 1. The van der Waals surface area contributed by atoms with Crippen LogP contribution in [0.1, 0.15) is 18.9 Å². The summed E-state index contributed by atoms with van der Waals surface area (Å²) >= 11 is 3.31. The van der Waals surface area contributed by atoms with Gasteiger partial charge in [-0.2, -0.15) is 0 Å². The first-order chi connectivity index (χ1) is 8.62. The fourth-order valence-electron chi connectivity index (χ4n) is 1.67. The molecule has 1 aromatic carbocycles. The van der Waals surface area contributed by atoms with Crippen molar-refractivity contribution in [1.29, 1.82) is 0 Å². The zero-order valence-electron chi connectivity index (χ0n) is 11.0. The predicted molar refractivity (Wildman–Crippen MR) is 75.2 cm³/mol. The number of halogens is 1. The minimum absolute atomic E-state index is 0.130. The Hall–Kier alpha value is -0.780. The summed E-state index contributed by atoms with van der Waals surface area (Å²) in [4.78, 5) is 0. The molecule has 1 rings (SSSR count). The van der Waals surface area contributed by atoms with Crippen molar-refractivity contribution in [2.75, 3.05) is 20.8 Å². The van der Waals surface area contributed by atoms with Crippen molar-refractivity contribution < 1.29 is 14.6 Å². The van der Waals surface area contributed by atoms with Gasteiger partial charge in [-0.05, 0) is 40.0 Å². The summed E-state index contributed by atoms with van der Waals surface area (Å²) in [5.41, 5.74) is 1.05. The monoisotopic (exact) mass is 317 g/mol. The highest BCUT2D eigenvalue weighted by molar-refractivity contribution is 9.10. The molecule has 0 aliphatic rings. The van der Waals surface area contributed by atoms with Crippen LogP contribution >= 0.6 is 15.9 Å². The molecule has 0 heterocycles. The van der Waals surface area contributed by atoms with Gasteiger partial charge < -0.3 is 19.9 Å². The summed E-state index contributed by atoms with van der Waals surface area (Å²) in [6.07, 6.45) is 1.00. The Morgan fingerprint density at radius 1 is 1.39 bits per heavy atom. The number of rotatable bonds is 7. The van der Waals surface area contributed by atoms with Crippen LogP contribution in [-0.4, -0.2) is 32.0 Å². The molecule has 0 saturated heterocycles. The van der Waals surface area contributed by atoms with Crippen molar-refractivity contribution in [3.63, 3.8) is 0 Å². The molecule has 0 fully saturated rings. The summed E-state index contributed by atoms with van der Waals surface area (Å²) in [7, 11) is 3.24. The van der Waals surface area contributed by atoms with E-state index in [9.17, 15) is 5.11 Å². The van der Waals surface area contributed by atoms with Crippen molar-refractivity contribution in [1.82, 2.24) is 5.32 Å². The molecule has 4 nitrogen and oxygen atoms in total. The van der Waals surface area contributed by atoms with E-state index in [-0.39, 0.29) is 5.75 Å². The molecule has 0 aromatic heterocycles. The maximum Gasteiger partial charge on any atom is 0.172 e. The third kappa shape index (κ3) is 4.15. The van der Waals surface area contributed by atoms with Crippen molar-refractivity contribution >= 4 is 15.9 Å². The van der Waals surface area contributed by atoms with E-state index in [4.69, 9.17) is 9.47 Å². The highest BCUT2D eigenvalue weighted by Crippen LogP contribution is 2.35. The van der Waals surface area contributed by atoms with Crippen molar-refractivity contribution in [2.24, 2.45) is 0 Å². The van der Waals surface area contributed by atoms with Crippen LogP contribution in [0.15, 0.2) is 16.6 Å². The van der Waals surface area contributed by atoms with Gasteiger partial charge in [-0.3, -0.25) is 0 Å². The maximum atomic E-state index is 9.72. The predicted octanol–water partition coefficient (Wildman–Crippen LogP) is 2.68. The molecule has 0 spiro atoms. The molecule has 1 atom stereocenters. The number of nitrogens with one attached hydrogen (secondary N) is 1. The molecule has 102 valence electrons. The quantitative estimate of drug-likeness (QED) is 0.811. The maximum absolute atomic E-state index is 9.72. The highest BCUT2D eigenvalue weighted by Gasteiger charge is 2.10. The fourth-order valence-corrected chi connectivity index (χ4v) is 2.16. The zero-order chi connectivity index (χ0) is 13.5. The molecule has 0 aliphatic heterocycles. The number of hydrogen-bond acceptors (Lipinski definition) is 4. The second-order valence-electron chi connectivity index (χ2n) is 4.07. The lowest BCUT2D eigenvalue weighted by atomic mass is 10.1. The average molecular weight is 318 g/mol. The Balaban J connectivity index is 2.70. The molecule has 1 aromatic rings. The summed E-state index contributed by atoms with van der Waals surface area (Å²) in [6.45, 7) is 3.51. The summed E-state index contributed by atoms with van der Waals surface area (Å²) in [6, 6.07) is 4.03. The second kappa shape index (κ2) is 7.61. The number of benzene rings is 1. The number of ether oxygens (including phenoxy) is 2. The van der Waals surface area contributed by atoms with Gasteiger partial charge in [-0.15, -0.1) is 0 Å². The van der Waals surface area contributed by atoms with E-state index in [1.54, 1.807) is 14.2 Å². The molecule has 0 saturated carbocycles. The van der Waals surface area contributed by atoms with Crippen molar-refractivity contribution in [3.05, 3.63) is 22.2 Å². The van der Waals surface area contributed by atoms with Gasteiger partial charge in [-0.1, -0.05) is 6.92 Å². The normalized spacial score (nSPS) is 12.4. The van der Waals surface area contributed by atoms with Crippen LogP contribution in [-0.2, 0) is 11.3 Å². The molecule has 0 bridgehead atoms. The van der Waals surface area contributed by atoms with Gasteiger partial charge in [0.2, 0.25) is 0 Å². The lowest BCUT2D eigenvalue weighted by Gasteiger charge is -2.16. The SMILES string of the molecule is CCC(COC)NCc1cc(Br)c(O)c(OC)c1. The average Bonchev–Trinajstić information content (AvgIpc) is 2.38. The van der Waals surface area contributed by atoms with Crippen LogP contribution < -0.4 is 10.1 Å². The van der Waals surface area contributed by atoms with Crippen LogP contribution in [0.2, 0.25) is 0 Å². The Kier molecular flexibility index (Phi) is 6.46. The van der Waals surface area contributed by atoms with Gasteiger partial charge in [0.1, 0.15) is 0 Å². The van der Waals surface area contributed by atoms with E-state index >= 15 is 0 Å². The Labute approximate surface area is 116 Å². The third-order valence-corrected chi connectivity index (χ3v) is 3.37. The summed E-state index contributed by atoms with van der Waals surface area (Å²) < 4.78 is 10.9. The zero-order valence-corrected chi connectivity index (χ0v) is 12.6. The van der Waals surface area contributed by atoms with Gasteiger partial charge in [-0.25, -0.2) is 0 Å². The van der Waals surface area contributed by atoms with Gasteiger partial charge in [0.05, 0.1) is 18.2 Å². The fraction of sp³-hybridized carbons (Fsp3) is 0.538. The lowest BCUT2D eigenvalue weighted by molar-refractivity contribution is 0.164. The largest absolute Gasteiger partial charge is 0.503 e. The Morgan fingerprint density at radius 2 is 2.11 bits per heavy atom. The van der Waals surface area contributed by atoms with Crippen LogP contribution in [0.3, 0.4) is 0 Å². The van der Waals surface area contributed by atoms with Crippen LogP contribution in [0.4, 0.5) is 0 Å². The van der Waals surface area contributed by atoms with Gasteiger partial charge >= 0.3 is 0 Å². The number of hydrogen-bond donors (Lipinski definition) is 2. The second-order valence-corrected chi connectivity index (χ2v) is 4.92.